The molecule has 1 amide bonds. The van der Waals surface area contributed by atoms with E-state index in [1.165, 1.54) is 0 Å². The molecule has 1 aromatic heterocycles. The number of hydrogen-bond acceptors (Lipinski definition) is 6. The molecule has 0 fully saturated rings. The van der Waals surface area contributed by atoms with Crippen LogP contribution in [0.1, 0.15) is 16.9 Å². The number of aliphatic carboxylic acids is 2. The van der Waals surface area contributed by atoms with E-state index in [9.17, 15) is 14.4 Å². The molecule has 0 bridgehead atoms. The largest absolute Gasteiger partial charge is 0.486 e. The van der Waals surface area contributed by atoms with Crippen molar-refractivity contribution in [3.8, 4) is 5.75 Å². The minimum atomic E-state index is -1.26. The van der Waals surface area contributed by atoms with Gasteiger partial charge >= 0.3 is 11.9 Å². The summed E-state index contributed by atoms with van der Waals surface area (Å²) < 4.78 is 6.10. The molecule has 10 heteroatoms. The molecule has 1 atom stereocenters. The average molecular weight is 433 g/mol. The third-order valence-corrected chi connectivity index (χ3v) is 4.28. The normalized spacial score (nSPS) is 15.4. The van der Waals surface area contributed by atoms with Crippen LogP contribution in [0.3, 0.4) is 0 Å². The summed E-state index contributed by atoms with van der Waals surface area (Å²) in [6, 6.07) is 9.71. The monoisotopic (exact) mass is 433 g/mol. The van der Waals surface area contributed by atoms with Crippen molar-refractivity contribution in [1.29, 1.82) is 0 Å². The Balaban J connectivity index is 0.000000461. The third kappa shape index (κ3) is 7.68. The first-order valence-corrected chi connectivity index (χ1v) is 9.28. The van der Waals surface area contributed by atoms with Crippen LogP contribution in [-0.2, 0) is 9.59 Å². The van der Waals surface area contributed by atoms with Gasteiger partial charge in [-0.05, 0) is 32.6 Å². The first-order chi connectivity index (χ1) is 14.2. The first kappa shape index (κ1) is 25.5. The number of aromatic nitrogens is 1. The van der Waals surface area contributed by atoms with Crippen LogP contribution >= 0.6 is 0 Å². The van der Waals surface area contributed by atoms with Crippen molar-refractivity contribution in [1.82, 2.24) is 14.8 Å². The van der Waals surface area contributed by atoms with Crippen LogP contribution in [0, 0.1) is 0 Å². The summed E-state index contributed by atoms with van der Waals surface area (Å²) in [6.45, 7) is 1.50. The van der Waals surface area contributed by atoms with Crippen LogP contribution in [0.15, 0.2) is 42.5 Å². The lowest BCUT2D eigenvalue weighted by Gasteiger charge is -2.21. The Bertz CT molecular complexity index is 943. The molecule has 31 heavy (non-hydrogen) atoms. The number of likely N-dealkylation sites (N-methyl/N-ethyl adjacent to an activating group) is 1. The number of carbonyl (C=O) groups is 3. The number of ether oxygens (including phenoxy) is 1. The van der Waals surface area contributed by atoms with Crippen molar-refractivity contribution >= 4 is 28.7 Å². The fraction of sp³-hybridized carbons (Fsp3) is 0.333. The predicted octanol–water partition coefficient (Wildman–Crippen LogP) is 0.907. The Morgan fingerprint density at radius 3 is 2.42 bits per heavy atom. The van der Waals surface area contributed by atoms with Crippen LogP contribution < -0.4 is 4.74 Å². The van der Waals surface area contributed by atoms with Gasteiger partial charge in [0.25, 0.3) is 5.91 Å². The number of nitrogens with zero attached hydrogens (tertiary/aromatic N) is 3. The molecule has 0 aliphatic carbocycles. The first-order valence-electron chi connectivity index (χ1n) is 9.28. The quantitative estimate of drug-likeness (QED) is 0.660. The van der Waals surface area contributed by atoms with Crippen molar-refractivity contribution < 1.29 is 34.8 Å². The van der Waals surface area contributed by atoms with Gasteiger partial charge in [0.2, 0.25) is 0 Å². The van der Waals surface area contributed by atoms with Gasteiger partial charge in [0.15, 0.2) is 11.4 Å². The van der Waals surface area contributed by atoms with E-state index < -0.39 is 11.9 Å². The highest BCUT2D eigenvalue weighted by atomic mass is 16.5. The number of rotatable bonds is 5. The van der Waals surface area contributed by atoms with Crippen LogP contribution in [0.5, 0.6) is 5.75 Å². The molecular weight excluding hydrogens is 406 g/mol. The molecule has 1 unspecified atom stereocenters. The number of benzene rings is 1. The Hall–Kier alpha value is -3.50. The highest BCUT2D eigenvalue weighted by Crippen LogP contribution is 2.28. The lowest BCUT2D eigenvalue weighted by atomic mass is 10.2. The Morgan fingerprint density at radius 2 is 1.84 bits per heavy atom. The Morgan fingerprint density at radius 1 is 1.23 bits per heavy atom. The lowest BCUT2D eigenvalue weighted by molar-refractivity contribution is -0.134. The van der Waals surface area contributed by atoms with Gasteiger partial charge in [0.05, 0.1) is 12.1 Å². The second-order valence-corrected chi connectivity index (χ2v) is 7.06. The number of fused-ring (bicyclic) bond motifs is 2. The number of carboxylic acids is 2. The number of carbonyl (C=O) groups excluding carboxylic acids is 1. The minimum Gasteiger partial charge on any atom is -0.486 e. The molecule has 0 spiro atoms. The maximum atomic E-state index is 12.5. The summed E-state index contributed by atoms with van der Waals surface area (Å²) in [4.78, 5) is 40.0. The van der Waals surface area contributed by atoms with E-state index in [1.54, 1.807) is 11.9 Å². The van der Waals surface area contributed by atoms with Crippen molar-refractivity contribution in [3.05, 3.63) is 48.2 Å². The summed E-state index contributed by atoms with van der Waals surface area (Å²) in [7, 11) is 5.88. The average Bonchev–Trinajstić information content (AvgIpc) is 2.80. The smallest absolute Gasteiger partial charge is 0.328 e. The fourth-order valence-electron chi connectivity index (χ4n) is 2.82. The molecule has 4 N–H and O–H groups in total. The predicted molar refractivity (Wildman–Crippen MR) is 114 cm³/mol. The summed E-state index contributed by atoms with van der Waals surface area (Å²) in [5.74, 6) is -2.00. The maximum absolute atomic E-state index is 12.5. The molecule has 168 valence electrons. The minimum absolute atomic E-state index is 0. The van der Waals surface area contributed by atoms with Crippen molar-refractivity contribution in [3.63, 3.8) is 0 Å². The summed E-state index contributed by atoms with van der Waals surface area (Å²) >= 11 is 0. The lowest BCUT2D eigenvalue weighted by Crippen LogP contribution is -2.35. The zero-order valence-electron chi connectivity index (χ0n) is 17.6. The molecule has 2 heterocycles. The topological polar surface area (TPSA) is 152 Å². The molecule has 1 aliphatic heterocycles. The van der Waals surface area contributed by atoms with E-state index in [0.29, 0.717) is 30.1 Å². The van der Waals surface area contributed by atoms with Gasteiger partial charge in [-0.3, -0.25) is 4.79 Å². The van der Waals surface area contributed by atoms with E-state index in [0.717, 1.165) is 23.9 Å². The zero-order chi connectivity index (χ0) is 22.3. The second kappa shape index (κ2) is 11.6. The number of carboxylic acid groups (broad SMARTS) is 2. The summed E-state index contributed by atoms with van der Waals surface area (Å²) in [5, 5.41) is 16.6. The van der Waals surface area contributed by atoms with Gasteiger partial charge in [-0.25, -0.2) is 14.6 Å². The molecular formula is C21H27N3O7. The standard InChI is InChI=1S/C17H21N3O2.C4H4O4.H2O/c1-19(2)9-8-13-11-20(3)17(21)16-15(22-13)10-12-6-4-5-7-14(12)18-16;5-3(6)1-2-4(7)8;/h4-7,10,13H,8-9,11H2,1-3H3;1-2H,(H,5,6)(H,7,8);1H2/b;2-1+;. The van der Waals surface area contributed by atoms with E-state index in [2.05, 4.69) is 9.88 Å². The number of pyridine rings is 1. The van der Waals surface area contributed by atoms with E-state index in [-0.39, 0.29) is 17.5 Å². The van der Waals surface area contributed by atoms with E-state index in [1.807, 2.05) is 44.4 Å². The van der Waals surface area contributed by atoms with Crippen LogP contribution in [0.25, 0.3) is 10.9 Å². The molecule has 10 nitrogen and oxygen atoms in total. The fourth-order valence-corrected chi connectivity index (χ4v) is 2.82. The molecule has 1 aliphatic rings. The van der Waals surface area contributed by atoms with Crippen LogP contribution in [0.2, 0.25) is 0 Å². The number of para-hydroxylation sites is 1. The SMILES string of the molecule is CN(C)CCC1CN(C)C(=O)c2nc3ccccc3cc2O1.O.O=C(O)/C=C/C(=O)O. The van der Waals surface area contributed by atoms with Crippen LogP contribution in [-0.4, -0.2) is 88.7 Å². The van der Waals surface area contributed by atoms with Gasteiger partial charge < -0.3 is 30.2 Å². The van der Waals surface area contributed by atoms with E-state index >= 15 is 0 Å². The molecule has 3 rings (SSSR count). The molecule has 0 saturated carbocycles. The van der Waals surface area contributed by atoms with E-state index in [4.69, 9.17) is 14.9 Å². The Labute approximate surface area is 179 Å². The zero-order valence-corrected chi connectivity index (χ0v) is 17.6. The molecule has 0 radical (unpaired) electrons. The highest BCUT2D eigenvalue weighted by molar-refractivity contribution is 5.98. The van der Waals surface area contributed by atoms with Gasteiger partial charge in [-0.2, -0.15) is 0 Å². The molecule has 1 aromatic carbocycles. The highest BCUT2D eigenvalue weighted by Gasteiger charge is 2.28. The van der Waals surface area contributed by atoms with Gasteiger partial charge in [-0.1, -0.05) is 18.2 Å². The second-order valence-electron chi connectivity index (χ2n) is 7.06. The molecule has 2 aromatic rings. The Kier molecular flexibility index (Phi) is 9.58. The number of hydrogen-bond donors (Lipinski definition) is 2. The van der Waals surface area contributed by atoms with Crippen molar-refractivity contribution in [2.75, 3.05) is 34.2 Å². The van der Waals surface area contributed by atoms with Crippen molar-refractivity contribution in [2.45, 2.75) is 12.5 Å². The maximum Gasteiger partial charge on any atom is 0.328 e. The van der Waals surface area contributed by atoms with Gasteiger partial charge in [0.1, 0.15) is 6.10 Å². The number of amides is 1. The van der Waals surface area contributed by atoms with Crippen molar-refractivity contribution in [2.24, 2.45) is 0 Å². The summed E-state index contributed by atoms with van der Waals surface area (Å²) in [6.07, 6.45) is 1.97. The third-order valence-electron chi connectivity index (χ3n) is 4.28. The van der Waals surface area contributed by atoms with Crippen LogP contribution in [0.4, 0.5) is 0 Å². The van der Waals surface area contributed by atoms with Gasteiger partial charge in [-0.15, -0.1) is 0 Å². The van der Waals surface area contributed by atoms with Gasteiger partial charge in [0, 0.05) is 31.1 Å². The molecule has 0 saturated heterocycles. The summed E-state index contributed by atoms with van der Waals surface area (Å²) in [5.41, 5.74) is 1.23.